The third kappa shape index (κ3) is 4.76. The van der Waals surface area contributed by atoms with Crippen LogP contribution in [0, 0.1) is 5.41 Å². The molecule has 3 aliphatic rings. The lowest BCUT2D eigenvalue weighted by atomic mass is 9.96. The summed E-state index contributed by atoms with van der Waals surface area (Å²) in [5.41, 5.74) is -0.675. The van der Waals surface area contributed by atoms with E-state index in [-0.39, 0.29) is 11.3 Å². The SMILES string of the molecule is CC(C)(C)C(=O)OCOC(=O)C1N2C(=O)[C@@H](/N=C/N3CCCCCC3)[C@H]2SC1(C)C. The zero-order valence-corrected chi connectivity index (χ0v) is 19.4. The Bertz CT molecular complexity index is 710. The molecule has 168 valence electrons. The monoisotopic (exact) mass is 439 g/mol. The summed E-state index contributed by atoms with van der Waals surface area (Å²) in [5, 5.41) is -0.176. The van der Waals surface area contributed by atoms with Crippen molar-refractivity contribution in [2.24, 2.45) is 10.4 Å². The van der Waals surface area contributed by atoms with Crippen LogP contribution in [0.25, 0.3) is 0 Å². The molecule has 3 fully saturated rings. The highest BCUT2D eigenvalue weighted by Crippen LogP contribution is 2.51. The average Bonchev–Trinajstić information content (AvgIpc) is 2.80. The number of thioether (sulfide) groups is 1. The molecule has 1 amide bonds. The molecule has 3 rings (SSSR count). The molecule has 0 aromatic rings. The van der Waals surface area contributed by atoms with E-state index in [1.54, 1.807) is 37.4 Å². The van der Waals surface area contributed by atoms with E-state index >= 15 is 0 Å². The van der Waals surface area contributed by atoms with Crippen molar-refractivity contribution in [3.8, 4) is 0 Å². The Morgan fingerprint density at radius 3 is 2.40 bits per heavy atom. The van der Waals surface area contributed by atoms with Crippen molar-refractivity contribution in [2.75, 3.05) is 19.9 Å². The van der Waals surface area contributed by atoms with Gasteiger partial charge in [0.2, 0.25) is 6.79 Å². The zero-order chi connectivity index (χ0) is 22.1. The Morgan fingerprint density at radius 1 is 1.17 bits per heavy atom. The number of carbonyl (C=O) groups excluding carboxylic acids is 3. The molecule has 0 aliphatic carbocycles. The quantitative estimate of drug-likeness (QED) is 0.214. The highest BCUT2D eigenvalue weighted by molar-refractivity contribution is 8.01. The molecule has 30 heavy (non-hydrogen) atoms. The first-order chi connectivity index (χ1) is 14.0. The van der Waals surface area contributed by atoms with Crippen molar-refractivity contribution in [3.05, 3.63) is 0 Å². The van der Waals surface area contributed by atoms with Crippen LogP contribution < -0.4 is 0 Å². The van der Waals surface area contributed by atoms with E-state index in [2.05, 4.69) is 9.89 Å². The fraction of sp³-hybridized carbons (Fsp3) is 0.810. The predicted octanol–water partition coefficient (Wildman–Crippen LogP) is 2.41. The maximum Gasteiger partial charge on any atom is 0.333 e. The number of amides is 1. The lowest BCUT2D eigenvalue weighted by Gasteiger charge is -2.41. The van der Waals surface area contributed by atoms with E-state index in [1.165, 1.54) is 12.8 Å². The number of likely N-dealkylation sites (tertiary alicyclic amines) is 1. The molecule has 1 unspecified atom stereocenters. The summed E-state index contributed by atoms with van der Waals surface area (Å²) in [5.74, 6) is -1.16. The Balaban J connectivity index is 1.58. The number of fused-ring (bicyclic) bond motifs is 1. The zero-order valence-electron chi connectivity index (χ0n) is 18.6. The maximum absolute atomic E-state index is 12.8. The predicted molar refractivity (Wildman–Crippen MR) is 115 cm³/mol. The first-order valence-corrected chi connectivity index (χ1v) is 11.5. The molecule has 9 heteroatoms. The second kappa shape index (κ2) is 8.77. The van der Waals surface area contributed by atoms with Crippen LogP contribution >= 0.6 is 11.8 Å². The Kier molecular flexibility index (Phi) is 6.69. The number of carbonyl (C=O) groups is 3. The molecule has 8 nitrogen and oxygen atoms in total. The van der Waals surface area contributed by atoms with Crippen molar-refractivity contribution in [1.29, 1.82) is 0 Å². The van der Waals surface area contributed by atoms with Crippen LogP contribution in [-0.4, -0.2) is 76.1 Å². The minimum absolute atomic E-state index is 0.155. The second-order valence-electron chi connectivity index (χ2n) is 9.68. The highest BCUT2D eigenvalue weighted by atomic mass is 32.2. The van der Waals surface area contributed by atoms with Gasteiger partial charge in [0.25, 0.3) is 5.91 Å². The van der Waals surface area contributed by atoms with Crippen molar-refractivity contribution >= 4 is 35.9 Å². The number of aliphatic imine (C=N–C) groups is 1. The molecule has 0 aromatic carbocycles. The van der Waals surface area contributed by atoms with Crippen LogP contribution in [0.15, 0.2) is 4.99 Å². The lowest BCUT2D eigenvalue weighted by Crippen LogP contribution is -2.65. The van der Waals surface area contributed by atoms with Crippen molar-refractivity contribution in [2.45, 2.75) is 82.5 Å². The van der Waals surface area contributed by atoms with Crippen LogP contribution in [0.3, 0.4) is 0 Å². The molecular formula is C21H33N3O5S. The third-order valence-corrected chi connectivity index (χ3v) is 7.23. The first kappa shape index (κ1) is 22.9. The van der Waals surface area contributed by atoms with Gasteiger partial charge in [-0.25, -0.2) is 4.79 Å². The van der Waals surface area contributed by atoms with Crippen LogP contribution in [0.1, 0.15) is 60.3 Å². The summed E-state index contributed by atoms with van der Waals surface area (Å²) in [6.07, 6.45) is 6.59. The number of esters is 2. The van der Waals surface area contributed by atoms with Gasteiger partial charge in [0.1, 0.15) is 11.4 Å². The van der Waals surface area contributed by atoms with E-state index in [1.807, 2.05) is 20.2 Å². The van der Waals surface area contributed by atoms with Crippen molar-refractivity contribution < 1.29 is 23.9 Å². The summed E-state index contributed by atoms with van der Waals surface area (Å²) >= 11 is 1.56. The molecule has 0 N–H and O–H groups in total. The fourth-order valence-corrected chi connectivity index (χ4v) is 5.54. The Hall–Kier alpha value is -1.77. The van der Waals surface area contributed by atoms with Gasteiger partial charge in [0, 0.05) is 17.8 Å². The van der Waals surface area contributed by atoms with Gasteiger partial charge >= 0.3 is 11.9 Å². The standard InChI is InChI=1S/C21H33N3O5S/c1-20(2,3)19(27)29-13-28-18(26)15-21(4,5)30-17-14(16(25)24(15)17)22-12-23-10-8-6-7-9-11-23/h12,14-15,17H,6-11,13H2,1-5H3/b22-12+/t14-,15?,17-/m1/s1. The molecule has 3 aliphatic heterocycles. The maximum atomic E-state index is 12.8. The van der Waals surface area contributed by atoms with E-state index in [9.17, 15) is 14.4 Å². The van der Waals surface area contributed by atoms with Gasteiger partial charge in [-0.15, -0.1) is 11.8 Å². The highest BCUT2D eigenvalue weighted by Gasteiger charge is 2.64. The number of hydrogen-bond donors (Lipinski definition) is 0. The average molecular weight is 440 g/mol. The molecule has 0 saturated carbocycles. The molecule has 0 radical (unpaired) electrons. The number of β-lactam (4-membered cyclic amide) rings is 1. The Morgan fingerprint density at radius 2 is 1.80 bits per heavy atom. The summed E-state index contributed by atoms with van der Waals surface area (Å²) in [7, 11) is 0. The molecule has 0 spiro atoms. The van der Waals surface area contributed by atoms with Crippen LogP contribution in [0.4, 0.5) is 0 Å². The molecule has 3 heterocycles. The van der Waals surface area contributed by atoms with Gasteiger partial charge in [0.05, 0.1) is 11.8 Å². The van der Waals surface area contributed by atoms with Gasteiger partial charge in [-0.3, -0.25) is 14.6 Å². The van der Waals surface area contributed by atoms with E-state index in [4.69, 9.17) is 9.47 Å². The minimum Gasteiger partial charge on any atom is -0.427 e. The van der Waals surface area contributed by atoms with Crippen LogP contribution in [-0.2, 0) is 23.9 Å². The summed E-state index contributed by atoms with van der Waals surface area (Å²) in [6.45, 7) is 10.5. The molecule has 0 bridgehead atoms. The normalized spacial score (nSPS) is 28.7. The third-order valence-electron chi connectivity index (χ3n) is 5.67. The number of ether oxygens (including phenoxy) is 2. The number of hydrogen-bond acceptors (Lipinski definition) is 7. The van der Waals surface area contributed by atoms with Gasteiger partial charge < -0.3 is 19.3 Å². The minimum atomic E-state index is -0.724. The van der Waals surface area contributed by atoms with E-state index in [0.29, 0.717) is 0 Å². The second-order valence-corrected chi connectivity index (χ2v) is 11.5. The van der Waals surface area contributed by atoms with Crippen molar-refractivity contribution in [3.63, 3.8) is 0 Å². The lowest BCUT2D eigenvalue weighted by molar-refractivity contribution is -0.179. The smallest absolute Gasteiger partial charge is 0.333 e. The van der Waals surface area contributed by atoms with Crippen molar-refractivity contribution in [1.82, 2.24) is 9.80 Å². The van der Waals surface area contributed by atoms with E-state index < -0.39 is 41.0 Å². The first-order valence-electron chi connectivity index (χ1n) is 10.6. The molecule has 3 atom stereocenters. The van der Waals surface area contributed by atoms with Gasteiger partial charge in [-0.1, -0.05) is 12.8 Å². The van der Waals surface area contributed by atoms with Crippen LogP contribution in [0.5, 0.6) is 0 Å². The largest absolute Gasteiger partial charge is 0.427 e. The van der Waals surface area contributed by atoms with E-state index in [0.717, 1.165) is 25.9 Å². The molecule has 0 aromatic heterocycles. The number of rotatable bonds is 5. The van der Waals surface area contributed by atoms with Crippen LogP contribution in [0.2, 0.25) is 0 Å². The van der Waals surface area contributed by atoms with Gasteiger partial charge in [0.15, 0.2) is 6.04 Å². The number of nitrogens with zero attached hydrogens (tertiary/aromatic N) is 3. The Labute approximate surface area is 182 Å². The molecule has 3 saturated heterocycles. The summed E-state index contributed by atoms with van der Waals surface area (Å²) in [6, 6.07) is -1.19. The molecular weight excluding hydrogens is 406 g/mol. The summed E-state index contributed by atoms with van der Waals surface area (Å²) in [4.78, 5) is 45.7. The fourth-order valence-electron chi connectivity index (χ4n) is 3.92. The topological polar surface area (TPSA) is 88.5 Å². The van der Waals surface area contributed by atoms with Gasteiger partial charge in [-0.2, -0.15) is 0 Å². The van der Waals surface area contributed by atoms with Gasteiger partial charge in [-0.05, 0) is 47.5 Å². The summed E-state index contributed by atoms with van der Waals surface area (Å²) < 4.78 is 9.71.